The van der Waals surface area contributed by atoms with E-state index in [1.807, 2.05) is 19.2 Å². The lowest BCUT2D eigenvalue weighted by atomic mass is 10.2. The van der Waals surface area contributed by atoms with E-state index in [4.69, 9.17) is 0 Å². The predicted molar refractivity (Wildman–Crippen MR) is 72.5 cm³/mol. The molecule has 0 bridgehead atoms. The average molecular weight is 236 g/mol. The predicted octanol–water partition coefficient (Wildman–Crippen LogP) is 2.33. The van der Waals surface area contributed by atoms with Crippen LogP contribution in [0.2, 0.25) is 0 Å². The Labute approximate surface area is 104 Å². The summed E-state index contributed by atoms with van der Waals surface area (Å²) in [7, 11) is 0. The molecule has 0 aliphatic rings. The number of hydrogen-bond donors (Lipinski definition) is 1. The quantitative estimate of drug-likeness (QED) is 0.703. The van der Waals surface area contributed by atoms with Gasteiger partial charge in [0.15, 0.2) is 0 Å². The molecule has 17 heavy (non-hydrogen) atoms. The zero-order valence-corrected chi connectivity index (χ0v) is 11.0. The van der Waals surface area contributed by atoms with Crippen LogP contribution in [0.25, 0.3) is 0 Å². The van der Waals surface area contributed by atoms with Gasteiger partial charge >= 0.3 is 0 Å². The smallest absolute Gasteiger partial charge is 0.250 e. The molecule has 3 nitrogen and oxygen atoms in total. The Morgan fingerprint density at radius 2 is 2.06 bits per heavy atom. The second-order valence-corrected chi connectivity index (χ2v) is 4.55. The normalized spacial score (nSPS) is 10.7. The van der Waals surface area contributed by atoms with E-state index in [-0.39, 0.29) is 5.56 Å². The second kappa shape index (κ2) is 8.07. The van der Waals surface area contributed by atoms with Gasteiger partial charge in [-0.15, -0.1) is 0 Å². The van der Waals surface area contributed by atoms with Gasteiger partial charge in [0.2, 0.25) is 0 Å². The van der Waals surface area contributed by atoms with Crippen LogP contribution in [0.15, 0.2) is 23.1 Å². The number of nitrogens with zero attached hydrogens (tertiary/aromatic N) is 1. The molecule has 0 aromatic carbocycles. The van der Waals surface area contributed by atoms with Crippen molar-refractivity contribution in [3.8, 4) is 0 Å². The highest BCUT2D eigenvalue weighted by molar-refractivity contribution is 5.07. The van der Waals surface area contributed by atoms with Crippen LogP contribution < -0.4 is 10.9 Å². The highest BCUT2D eigenvalue weighted by Crippen LogP contribution is 1.96. The van der Waals surface area contributed by atoms with Crippen LogP contribution >= 0.6 is 0 Å². The molecule has 0 unspecified atom stereocenters. The van der Waals surface area contributed by atoms with Crippen molar-refractivity contribution in [2.45, 2.75) is 46.1 Å². The number of rotatable bonds is 8. The third-order valence-electron chi connectivity index (χ3n) is 2.89. The van der Waals surface area contributed by atoms with Crippen molar-refractivity contribution in [1.82, 2.24) is 9.88 Å². The molecule has 0 radical (unpaired) electrons. The lowest BCUT2D eigenvalue weighted by Crippen LogP contribution is -2.26. The highest BCUT2D eigenvalue weighted by atomic mass is 16.1. The van der Waals surface area contributed by atoms with E-state index in [2.05, 4.69) is 12.2 Å². The summed E-state index contributed by atoms with van der Waals surface area (Å²) < 4.78 is 1.76. The van der Waals surface area contributed by atoms with Crippen molar-refractivity contribution in [2.75, 3.05) is 13.1 Å². The molecule has 1 aromatic heterocycles. The Balaban J connectivity index is 2.16. The molecule has 1 N–H and O–H groups in total. The Hall–Kier alpha value is -1.09. The maximum Gasteiger partial charge on any atom is 0.250 e. The van der Waals surface area contributed by atoms with Gasteiger partial charge in [-0.3, -0.25) is 4.79 Å². The number of unbranched alkanes of at least 4 members (excludes halogenated alkanes) is 3. The average Bonchev–Trinajstić information content (AvgIpc) is 2.30. The van der Waals surface area contributed by atoms with Crippen LogP contribution in [0, 0.1) is 6.92 Å². The first-order chi connectivity index (χ1) is 8.24. The lowest BCUT2D eigenvalue weighted by molar-refractivity contribution is 0.554. The van der Waals surface area contributed by atoms with E-state index in [1.165, 1.54) is 25.7 Å². The molecule has 3 heteroatoms. The number of aryl methyl sites for hydroxylation is 1. The molecule has 0 amide bonds. The largest absolute Gasteiger partial charge is 0.315 e. The van der Waals surface area contributed by atoms with Gasteiger partial charge < -0.3 is 9.88 Å². The van der Waals surface area contributed by atoms with Gasteiger partial charge in [0.05, 0.1) is 0 Å². The van der Waals surface area contributed by atoms with Crippen LogP contribution in [0.5, 0.6) is 0 Å². The summed E-state index contributed by atoms with van der Waals surface area (Å²) >= 11 is 0. The minimum absolute atomic E-state index is 0.0952. The molecular formula is C14H24N2O. The van der Waals surface area contributed by atoms with Gasteiger partial charge in [-0.05, 0) is 31.5 Å². The molecule has 0 saturated heterocycles. The Bertz CT molecular complexity index is 371. The monoisotopic (exact) mass is 236 g/mol. The zero-order chi connectivity index (χ0) is 12.5. The molecule has 1 heterocycles. The molecule has 0 saturated carbocycles. The van der Waals surface area contributed by atoms with Crippen molar-refractivity contribution in [2.24, 2.45) is 0 Å². The fraction of sp³-hybridized carbons (Fsp3) is 0.643. The van der Waals surface area contributed by atoms with Crippen LogP contribution in [0.4, 0.5) is 0 Å². The number of pyridine rings is 1. The van der Waals surface area contributed by atoms with Gasteiger partial charge in [-0.1, -0.05) is 26.2 Å². The topological polar surface area (TPSA) is 34.0 Å². The Morgan fingerprint density at radius 1 is 1.24 bits per heavy atom. The van der Waals surface area contributed by atoms with E-state index < -0.39 is 0 Å². The minimum Gasteiger partial charge on any atom is -0.315 e. The van der Waals surface area contributed by atoms with Gasteiger partial charge in [-0.25, -0.2) is 0 Å². The summed E-state index contributed by atoms with van der Waals surface area (Å²) in [6, 6.07) is 3.66. The standard InChI is InChI=1S/C14H24N2O/c1-3-4-5-6-8-15-9-11-16-10-7-13(2)12-14(16)17/h7,10,12,15H,3-6,8-9,11H2,1-2H3. The zero-order valence-electron chi connectivity index (χ0n) is 11.0. The Morgan fingerprint density at radius 3 is 2.76 bits per heavy atom. The first-order valence-corrected chi connectivity index (χ1v) is 6.62. The summed E-state index contributed by atoms with van der Waals surface area (Å²) in [5.74, 6) is 0. The fourth-order valence-corrected chi connectivity index (χ4v) is 1.79. The molecule has 0 atom stereocenters. The van der Waals surface area contributed by atoms with Crippen LogP contribution in [0.1, 0.15) is 38.2 Å². The van der Waals surface area contributed by atoms with E-state index in [0.717, 1.165) is 25.2 Å². The van der Waals surface area contributed by atoms with E-state index in [1.54, 1.807) is 10.6 Å². The second-order valence-electron chi connectivity index (χ2n) is 4.55. The van der Waals surface area contributed by atoms with Crippen LogP contribution in [-0.4, -0.2) is 17.7 Å². The van der Waals surface area contributed by atoms with Crippen molar-refractivity contribution < 1.29 is 0 Å². The van der Waals surface area contributed by atoms with E-state index in [0.29, 0.717) is 0 Å². The van der Waals surface area contributed by atoms with Gasteiger partial charge in [0, 0.05) is 25.4 Å². The molecule has 96 valence electrons. The third-order valence-corrected chi connectivity index (χ3v) is 2.89. The first-order valence-electron chi connectivity index (χ1n) is 6.62. The fourth-order valence-electron chi connectivity index (χ4n) is 1.79. The first kappa shape index (κ1) is 14.0. The number of aromatic nitrogens is 1. The van der Waals surface area contributed by atoms with Crippen LogP contribution in [0.3, 0.4) is 0 Å². The van der Waals surface area contributed by atoms with Gasteiger partial charge in [0.1, 0.15) is 0 Å². The van der Waals surface area contributed by atoms with Crippen molar-refractivity contribution in [3.63, 3.8) is 0 Å². The molecule has 0 spiro atoms. The molecular weight excluding hydrogens is 212 g/mol. The summed E-state index contributed by atoms with van der Waals surface area (Å²) in [6.07, 6.45) is 7.00. The van der Waals surface area contributed by atoms with Gasteiger partial charge in [0.25, 0.3) is 5.56 Å². The minimum atomic E-state index is 0.0952. The van der Waals surface area contributed by atoms with Crippen molar-refractivity contribution in [3.05, 3.63) is 34.2 Å². The van der Waals surface area contributed by atoms with Gasteiger partial charge in [-0.2, -0.15) is 0 Å². The summed E-state index contributed by atoms with van der Waals surface area (Å²) in [6.45, 7) is 6.84. The highest BCUT2D eigenvalue weighted by Gasteiger charge is 1.95. The molecule has 0 aliphatic heterocycles. The molecule has 1 aromatic rings. The maximum absolute atomic E-state index is 11.6. The van der Waals surface area contributed by atoms with E-state index >= 15 is 0 Å². The summed E-state index contributed by atoms with van der Waals surface area (Å²) in [5, 5.41) is 3.37. The molecule has 0 aliphatic carbocycles. The maximum atomic E-state index is 11.6. The Kier molecular flexibility index (Phi) is 6.63. The summed E-state index contributed by atoms with van der Waals surface area (Å²) in [4.78, 5) is 11.6. The summed E-state index contributed by atoms with van der Waals surface area (Å²) in [5.41, 5.74) is 1.12. The lowest BCUT2D eigenvalue weighted by Gasteiger charge is -2.07. The molecule has 0 fully saturated rings. The SMILES string of the molecule is CCCCCCNCCn1ccc(C)cc1=O. The van der Waals surface area contributed by atoms with Crippen LogP contribution in [-0.2, 0) is 6.54 Å². The number of nitrogens with one attached hydrogen (secondary N) is 1. The third kappa shape index (κ3) is 5.68. The van der Waals surface area contributed by atoms with Crippen molar-refractivity contribution >= 4 is 0 Å². The van der Waals surface area contributed by atoms with Crippen molar-refractivity contribution in [1.29, 1.82) is 0 Å². The molecule has 1 rings (SSSR count). The van der Waals surface area contributed by atoms with E-state index in [9.17, 15) is 4.79 Å². The number of hydrogen-bond acceptors (Lipinski definition) is 2.